The van der Waals surface area contributed by atoms with E-state index in [0.717, 1.165) is 37.6 Å². The number of hydrogen-bond acceptors (Lipinski definition) is 3. The molecule has 0 aliphatic heterocycles. The number of nitrogens with zero attached hydrogens (tertiary/aromatic N) is 2. The number of rotatable bonds is 8. The summed E-state index contributed by atoms with van der Waals surface area (Å²) < 4.78 is 0. The Labute approximate surface area is 167 Å². The summed E-state index contributed by atoms with van der Waals surface area (Å²) in [5.41, 5.74) is 3.44. The lowest BCUT2D eigenvalue weighted by molar-refractivity contribution is 0.220. The molecule has 0 saturated carbocycles. The molecule has 0 fully saturated rings. The summed E-state index contributed by atoms with van der Waals surface area (Å²) in [6.45, 7) is 12.1. The van der Waals surface area contributed by atoms with Gasteiger partial charge in [0.05, 0.1) is 0 Å². The van der Waals surface area contributed by atoms with Gasteiger partial charge in [0, 0.05) is 58.7 Å². The average molecular weight is 395 g/mol. The first-order valence-electron chi connectivity index (χ1n) is 9.23. The van der Waals surface area contributed by atoms with Crippen LogP contribution in [0.2, 0.25) is 10.0 Å². The first-order chi connectivity index (χ1) is 12.5. The second kappa shape index (κ2) is 9.50. The molecule has 0 bridgehead atoms. The molecule has 0 atom stereocenters. The van der Waals surface area contributed by atoms with Crippen LogP contribution in [-0.2, 0) is 0 Å². The molecule has 0 aliphatic rings. The molecule has 0 aliphatic carbocycles. The fourth-order valence-corrected chi connectivity index (χ4v) is 3.77. The van der Waals surface area contributed by atoms with E-state index >= 15 is 0 Å². The van der Waals surface area contributed by atoms with Crippen molar-refractivity contribution in [2.75, 3.05) is 36.0 Å². The van der Waals surface area contributed by atoms with Crippen LogP contribution in [0, 0.1) is 0 Å². The van der Waals surface area contributed by atoms with Gasteiger partial charge in [-0.25, -0.2) is 0 Å². The normalized spacial score (nSPS) is 11.1. The number of hydrogen-bond donors (Lipinski definition) is 1. The van der Waals surface area contributed by atoms with E-state index in [0.29, 0.717) is 21.2 Å². The number of aliphatic hydroxyl groups excluding tert-OH is 1. The maximum atomic E-state index is 10.8. The van der Waals surface area contributed by atoms with Crippen molar-refractivity contribution in [1.29, 1.82) is 0 Å². The van der Waals surface area contributed by atoms with Gasteiger partial charge in [-0.05, 0) is 52.0 Å². The van der Waals surface area contributed by atoms with Crippen molar-refractivity contribution in [3.8, 4) is 0 Å². The van der Waals surface area contributed by atoms with Gasteiger partial charge in [-0.3, -0.25) is 0 Å². The number of benzene rings is 2. The topological polar surface area (TPSA) is 26.7 Å². The summed E-state index contributed by atoms with van der Waals surface area (Å²) in [6.07, 6.45) is -0.855. The minimum absolute atomic E-state index is 0.547. The summed E-state index contributed by atoms with van der Waals surface area (Å²) in [5, 5.41) is 11.9. The maximum Gasteiger partial charge on any atom is 0.107 e. The molecule has 0 heterocycles. The minimum atomic E-state index is -0.855. The fraction of sp³-hybridized carbons (Fsp3) is 0.429. The van der Waals surface area contributed by atoms with Gasteiger partial charge in [0.2, 0.25) is 0 Å². The molecule has 1 N–H and O–H groups in total. The predicted octanol–water partition coefficient (Wildman–Crippen LogP) is 5.77. The van der Waals surface area contributed by atoms with E-state index in [9.17, 15) is 5.11 Å². The average Bonchev–Trinajstić information content (AvgIpc) is 2.63. The van der Waals surface area contributed by atoms with E-state index in [-0.39, 0.29) is 0 Å². The molecule has 26 heavy (non-hydrogen) atoms. The molecule has 5 heteroatoms. The molecule has 3 nitrogen and oxygen atoms in total. The summed E-state index contributed by atoms with van der Waals surface area (Å²) in [7, 11) is 0. The van der Waals surface area contributed by atoms with Crippen molar-refractivity contribution in [2.45, 2.75) is 33.8 Å². The van der Waals surface area contributed by atoms with Gasteiger partial charge >= 0.3 is 0 Å². The third-order valence-corrected chi connectivity index (χ3v) is 5.47. The Morgan fingerprint density at radius 1 is 0.731 bits per heavy atom. The lowest BCUT2D eigenvalue weighted by Gasteiger charge is -2.24. The molecular weight excluding hydrogens is 367 g/mol. The van der Waals surface area contributed by atoms with Gasteiger partial charge < -0.3 is 14.9 Å². The van der Waals surface area contributed by atoms with Crippen molar-refractivity contribution in [3.63, 3.8) is 0 Å². The lowest BCUT2D eigenvalue weighted by Crippen LogP contribution is -2.22. The molecule has 0 aromatic heterocycles. The van der Waals surface area contributed by atoms with Gasteiger partial charge in [-0.1, -0.05) is 35.3 Å². The van der Waals surface area contributed by atoms with E-state index in [1.165, 1.54) is 0 Å². The van der Waals surface area contributed by atoms with Crippen LogP contribution in [0.4, 0.5) is 11.4 Å². The van der Waals surface area contributed by atoms with Crippen LogP contribution >= 0.6 is 23.2 Å². The van der Waals surface area contributed by atoms with Gasteiger partial charge in [0.15, 0.2) is 0 Å². The molecule has 0 unspecified atom stereocenters. The molecule has 0 saturated heterocycles. The highest BCUT2D eigenvalue weighted by atomic mass is 35.5. The highest BCUT2D eigenvalue weighted by Crippen LogP contribution is 2.36. The second-order valence-electron chi connectivity index (χ2n) is 6.16. The van der Waals surface area contributed by atoms with E-state index in [1.807, 2.05) is 36.4 Å². The zero-order valence-electron chi connectivity index (χ0n) is 16.0. The molecule has 0 spiro atoms. The lowest BCUT2D eigenvalue weighted by atomic mass is 10.0. The van der Waals surface area contributed by atoms with Crippen LogP contribution in [0.25, 0.3) is 0 Å². The van der Waals surface area contributed by atoms with Crippen LogP contribution in [0.5, 0.6) is 0 Å². The van der Waals surface area contributed by atoms with Gasteiger partial charge in [0.25, 0.3) is 0 Å². The van der Waals surface area contributed by atoms with Crippen LogP contribution in [0.3, 0.4) is 0 Å². The van der Waals surface area contributed by atoms with Gasteiger partial charge in [-0.2, -0.15) is 0 Å². The largest absolute Gasteiger partial charge is 0.384 e. The summed E-state index contributed by atoms with van der Waals surface area (Å²) in [6, 6.07) is 11.6. The summed E-state index contributed by atoms with van der Waals surface area (Å²) >= 11 is 12.9. The van der Waals surface area contributed by atoms with E-state index in [2.05, 4.69) is 37.5 Å². The maximum absolute atomic E-state index is 10.8. The molecule has 0 amide bonds. The monoisotopic (exact) mass is 394 g/mol. The Bertz CT molecular complexity index is 666. The van der Waals surface area contributed by atoms with Crippen LogP contribution in [-0.4, -0.2) is 31.3 Å². The molecule has 2 rings (SSSR count). The minimum Gasteiger partial charge on any atom is -0.384 e. The van der Waals surface area contributed by atoms with Crippen LogP contribution in [0.1, 0.15) is 44.9 Å². The van der Waals surface area contributed by atoms with Crippen LogP contribution in [0.15, 0.2) is 36.4 Å². The number of anilines is 2. The summed E-state index contributed by atoms with van der Waals surface area (Å²) in [5.74, 6) is 0. The zero-order valence-corrected chi connectivity index (χ0v) is 17.5. The van der Waals surface area contributed by atoms with E-state index in [1.54, 1.807) is 0 Å². The van der Waals surface area contributed by atoms with Gasteiger partial charge in [0.1, 0.15) is 6.10 Å². The van der Waals surface area contributed by atoms with Crippen molar-refractivity contribution in [1.82, 2.24) is 0 Å². The van der Waals surface area contributed by atoms with Crippen molar-refractivity contribution in [3.05, 3.63) is 57.6 Å². The number of aliphatic hydroxyl groups is 1. The smallest absolute Gasteiger partial charge is 0.107 e. The highest BCUT2D eigenvalue weighted by Gasteiger charge is 2.19. The van der Waals surface area contributed by atoms with Crippen LogP contribution < -0.4 is 9.80 Å². The predicted molar refractivity (Wildman–Crippen MR) is 114 cm³/mol. The van der Waals surface area contributed by atoms with Crippen molar-refractivity contribution < 1.29 is 5.11 Å². The fourth-order valence-electron chi connectivity index (χ4n) is 3.21. The van der Waals surface area contributed by atoms with E-state index in [4.69, 9.17) is 23.2 Å². The Balaban J connectivity index is 2.32. The standard InChI is InChI=1S/C21H28Cl2N2O/c1-5-24(6-2)15-9-11-17(19(22)13-15)21(26)18-12-10-16(14-20(18)23)25(7-3)8-4/h9-14,21,26H,5-8H2,1-4H3. The quantitative estimate of drug-likeness (QED) is 0.615. The third-order valence-electron chi connectivity index (χ3n) is 4.81. The van der Waals surface area contributed by atoms with E-state index < -0.39 is 6.10 Å². The van der Waals surface area contributed by atoms with Crippen molar-refractivity contribution >= 4 is 34.6 Å². The first-order valence-corrected chi connectivity index (χ1v) is 9.99. The van der Waals surface area contributed by atoms with Gasteiger partial charge in [-0.15, -0.1) is 0 Å². The Kier molecular flexibility index (Phi) is 7.63. The zero-order chi connectivity index (χ0) is 19.3. The molecule has 2 aromatic carbocycles. The highest BCUT2D eigenvalue weighted by molar-refractivity contribution is 6.32. The van der Waals surface area contributed by atoms with Crippen molar-refractivity contribution in [2.24, 2.45) is 0 Å². The molecule has 142 valence electrons. The Morgan fingerprint density at radius 3 is 1.35 bits per heavy atom. The summed E-state index contributed by atoms with van der Waals surface area (Å²) in [4.78, 5) is 4.43. The molecule has 2 aromatic rings. The second-order valence-corrected chi connectivity index (χ2v) is 6.97. The Hall–Kier alpha value is -1.42. The first kappa shape index (κ1) is 20.9. The SMILES string of the molecule is CCN(CC)c1ccc(C(O)c2ccc(N(CC)CC)cc2Cl)c(Cl)c1. The number of halogens is 2. The Morgan fingerprint density at radius 2 is 1.08 bits per heavy atom. The molecular formula is C21H28Cl2N2O. The molecule has 0 radical (unpaired) electrons. The third kappa shape index (κ3) is 4.46.